The molecule has 2 atom stereocenters. The van der Waals surface area contributed by atoms with Gasteiger partial charge in [-0.2, -0.15) is 13.2 Å². The number of benzene rings is 1. The normalized spacial score (nSPS) is 21.7. The highest BCUT2D eigenvalue weighted by molar-refractivity contribution is 14.0. The van der Waals surface area contributed by atoms with E-state index in [0.29, 0.717) is 32.0 Å². The summed E-state index contributed by atoms with van der Waals surface area (Å²) in [5.74, 6) is 1.46. The first-order valence-corrected chi connectivity index (χ1v) is 11.0. The van der Waals surface area contributed by atoms with Crippen molar-refractivity contribution < 1.29 is 17.9 Å². The number of piperidine rings is 1. The Morgan fingerprint density at radius 1 is 1.16 bits per heavy atom. The van der Waals surface area contributed by atoms with Gasteiger partial charge in [-0.1, -0.05) is 18.6 Å². The molecule has 0 aromatic heterocycles. The van der Waals surface area contributed by atoms with Gasteiger partial charge in [0.25, 0.3) is 0 Å². The van der Waals surface area contributed by atoms with E-state index in [9.17, 15) is 13.2 Å². The van der Waals surface area contributed by atoms with Crippen molar-refractivity contribution in [3.63, 3.8) is 0 Å². The first-order valence-electron chi connectivity index (χ1n) is 11.0. The molecule has 3 rings (SSSR count). The van der Waals surface area contributed by atoms with Crippen molar-refractivity contribution in [2.75, 3.05) is 53.4 Å². The molecule has 32 heavy (non-hydrogen) atoms. The fourth-order valence-electron chi connectivity index (χ4n) is 4.44. The molecule has 182 valence electrons. The predicted molar refractivity (Wildman–Crippen MR) is 132 cm³/mol. The monoisotopic (exact) mass is 569 g/mol. The fourth-order valence-corrected chi connectivity index (χ4v) is 4.44. The largest absolute Gasteiger partial charge is 0.497 e. The van der Waals surface area contributed by atoms with Gasteiger partial charge in [-0.3, -0.25) is 14.8 Å². The van der Waals surface area contributed by atoms with Gasteiger partial charge in [0.1, 0.15) is 5.75 Å². The molecular formula is C22H35F3IN5O. The highest BCUT2D eigenvalue weighted by Crippen LogP contribution is 2.26. The van der Waals surface area contributed by atoms with E-state index in [2.05, 4.69) is 32.7 Å². The Kier molecular flexibility index (Phi) is 10.8. The molecule has 2 heterocycles. The van der Waals surface area contributed by atoms with Crippen molar-refractivity contribution in [2.45, 2.75) is 43.9 Å². The molecule has 10 heteroatoms. The molecule has 0 saturated carbocycles. The lowest BCUT2D eigenvalue weighted by atomic mass is 10.0. The zero-order valence-electron chi connectivity index (χ0n) is 18.8. The van der Waals surface area contributed by atoms with Gasteiger partial charge in [-0.15, -0.1) is 24.0 Å². The van der Waals surface area contributed by atoms with E-state index < -0.39 is 12.7 Å². The minimum Gasteiger partial charge on any atom is -0.497 e. The molecule has 2 aliphatic rings. The molecule has 0 spiro atoms. The molecule has 2 saturated heterocycles. The number of hydrogen-bond donors (Lipinski definition) is 2. The van der Waals surface area contributed by atoms with Crippen LogP contribution in [0.25, 0.3) is 0 Å². The third-order valence-electron chi connectivity index (χ3n) is 6.03. The predicted octanol–water partition coefficient (Wildman–Crippen LogP) is 3.64. The molecule has 2 unspecified atom stereocenters. The molecule has 0 aliphatic carbocycles. The molecule has 1 aromatic rings. The number of aliphatic imine (C=N–C) groups is 1. The van der Waals surface area contributed by atoms with Crippen LogP contribution in [0.5, 0.6) is 5.75 Å². The molecule has 2 N–H and O–H groups in total. The van der Waals surface area contributed by atoms with Gasteiger partial charge < -0.3 is 15.4 Å². The minimum atomic E-state index is -4.16. The van der Waals surface area contributed by atoms with Crippen molar-refractivity contribution in [2.24, 2.45) is 4.99 Å². The van der Waals surface area contributed by atoms with Crippen LogP contribution in [0.15, 0.2) is 29.3 Å². The lowest BCUT2D eigenvalue weighted by molar-refractivity contribution is -0.143. The summed E-state index contributed by atoms with van der Waals surface area (Å²) < 4.78 is 43.2. The third kappa shape index (κ3) is 8.26. The highest BCUT2D eigenvalue weighted by Gasteiger charge is 2.34. The van der Waals surface area contributed by atoms with Crippen molar-refractivity contribution in [1.29, 1.82) is 0 Å². The average molecular weight is 569 g/mol. The van der Waals surface area contributed by atoms with Crippen LogP contribution in [0.2, 0.25) is 0 Å². The smallest absolute Gasteiger partial charge is 0.401 e. The average Bonchev–Trinajstić information content (AvgIpc) is 3.19. The Morgan fingerprint density at radius 3 is 2.44 bits per heavy atom. The summed E-state index contributed by atoms with van der Waals surface area (Å²) in [6.07, 6.45) is 0.158. The molecule has 2 fully saturated rings. The van der Waals surface area contributed by atoms with Gasteiger partial charge in [-0.25, -0.2) is 0 Å². The van der Waals surface area contributed by atoms with Crippen LogP contribution in [-0.2, 0) is 0 Å². The molecule has 2 aliphatic heterocycles. The van der Waals surface area contributed by atoms with Crippen LogP contribution in [-0.4, -0.2) is 81.4 Å². The number of nitrogens with zero attached hydrogens (tertiary/aromatic N) is 3. The van der Waals surface area contributed by atoms with Gasteiger partial charge in [0.15, 0.2) is 5.96 Å². The summed E-state index contributed by atoms with van der Waals surface area (Å²) in [6.45, 7) is 2.74. The summed E-state index contributed by atoms with van der Waals surface area (Å²) in [6, 6.07) is 8.31. The van der Waals surface area contributed by atoms with E-state index in [4.69, 9.17) is 4.74 Å². The van der Waals surface area contributed by atoms with E-state index in [1.807, 2.05) is 12.1 Å². The molecule has 0 radical (unpaired) electrons. The molecule has 1 aromatic carbocycles. The van der Waals surface area contributed by atoms with E-state index in [-0.39, 0.29) is 36.1 Å². The van der Waals surface area contributed by atoms with Gasteiger partial charge in [-0.05, 0) is 50.0 Å². The lowest BCUT2D eigenvalue weighted by Crippen LogP contribution is -2.48. The van der Waals surface area contributed by atoms with Crippen molar-refractivity contribution in [1.82, 2.24) is 20.4 Å². The quantitative estimate of drug-likeness (QED) is 0.299. The molecule has 0 amide bonds. The van der Waals surface area contributed by atoms with E-state index in [0.717, 1.165) is 18.8 Å². The van der Waals surface area contributed by atoms with Gasteiger partial charge in [0.2, 0.25) is 0 Å². The number of guanidine groups is 1. The Labute approximate surface area is 206 Å². The Morgan fingerprint density at radius 2 is 1.84 bits per heavy atom. The van der Waals surface area contributed by atoms with E-state index in [1.54, 1.807) is 14.2 Å². The van der Waals surface area contributed by atoms with Crippen molar-refractivity contribution in [3.8, 4) is 5.75 Å². The lowest BCUT2D eigenvalue weighted by Gasteiger charge is -2.35. The van der Waals surface area contributed by atoms with Crippen LogP contribution in [0.4, 0.5) is 13.2 Å². The highest BCUT2D eigenvalue weighted by atomic mass is 127. The second-order valence-electron chi connectivity index (χ2n) is 8.32. The number of hydrogen-bond acceptors (Lipinski definition) is 4. The number of ether oxygens (including phenoxy) is 1. The van der Waals surface area contributed by atoms with Gasteiger partial charge in [0, 0.05) is 32.7 Å². The maximum absolute atomic E-state index is 12.6. The summed E-state index contributed by atoms with van der Waals surface area (Å²) in [5, 5.41) is 6.71. The number of halogens is 4. The zero-order valence-corrected chi connectivity index (χ0v) is 21.2. The standard InChI is InChI=1S/C22H34F3N5O.HI/c1-26-21(28-18-10-13-29(15-18)16-22(23,24)25)27-14-20(30-11-4-3-5-12-30)17-6-8-19(31-2)9-7-17;/h6-9,18,20H,3-5,10-16H2,1-2H3,(H2,26,27,28);1H. The summed E-state index contributed by atoms with van der Waals surface area (Å²) in [7, 11) is 3.36. The number of rotatable bonds is 7. The summed E-state index contributed by atoms with van der Waals surface area (Å²) in [5.41, 5.74) is 1.21. The fraction of sp³-hybridized carbons (Fsp3) is 0.682. The van der Waals surface area contributed by atoms with Gasteiger partial charge >= 0.3 is 6.18 Å². The Balaban J connectivity index is 0.00000363. The summed E-state index contributed by atoms with van der Waals surface area (Å²) >= 11 is 0. The SMILES string of the molecule is CN=C(NCC(c1ccc(OC)cc1)N1CCCCC1)NC1CCN(CC(F)(F)F)C1.I. The second kappa shape index (κ2) is 12.8. The number of likely N-dealkylation sites (tertiary alicyclic amines) is 2. The minimum absolute atomic E-state index is 0. The van der Waals surface area contributed by atoms with E-state index in [1.165, 1.54) is 29.7 Å². The third-order valence-corrected chi connectivity index (χ3v) is 6.03. The van der Waals surface area contributed by atoms with Crippen molar-refractivity contribution in [3.05, 3.63) is 29.8 Å². The zero-order chi connectivity index (χ0) is 22.3. The Hall–Kier alpha value is -1.27. The maximum Gasteiger partial charge on any atom is 0.401 e. The van der Waals surface area contributed by atoms with Crippen LogP contribution < -0.4 is 15.4 Å². The second-order valence-corrected chi connectivity index (χ2v) is 8.32. The van der Waals surface area contributed by atoms with Crippen LogP contribution in [0.3, 0.4) is 0 Å². The van der Waals surface area contributed by atoms with Crippen molar-refractivity contribution >= 4 is 29.9 Å². The number of alkyl halides is 3. The number of nitrogens with one attached hydrogen (secondary N) is 2. The van der Waals surface area contributed by atoms with Crippen LogP contribution >= 0.6 is 24.0 Å². The Bertz CT molecular complexity index is 711. The van der Waals surface area contributed by atoms with Crippen LogP contribution in [0.1, 0.15) is 37.3 Å². The first kappa shape index (κ1) is 27.0. The molecule has 0 bridgehead atoms. The van der Waals surface area contributed by atoms with Crippen LogP contribution in [0, 0.1) is 0 Å². The first-order chi connectivity index (χ1) is 14.9. The number of methoxy groups -OCH3 is 1. The van der Waals surface area contributed by atoms with Gasteiger partial charge in [0.05, 0.1) is 19.7 Å². The topological polar surface area (TPSA) is 52.1 Å². The summed E-state index contributed by atoms with van der Waals surface area (Å²) in [4.78, 5) is 8.24. The molecular weight excluding hydrogens is 534 g/mol. The molecule has 6 nitrogen and oxygen atoms in total. The maximum atomic E-state index is 12.6. The van der Waals surface area contributed by atoms with E-state index >= 15 is 0 Å².